The summed E-state index contributed by atoms with van der Waals surface area (Å²) in [5.41, 5.74) is 1.28. The molecule has 1 fully saturated rings. The number of aromatic hydroxyl groups is 1. The second-order valence-corrected chi connectivity index (χ2v) is 8.37. The van der Waals surface area contributed by atoms with E-state index in [-0.39, 0.29) is 23.6 Å². The van der Waals surface area contributed by atoms with E-state index in [2.05, 4.69) is 20.5 Å². The summed E-state index contributed by atoms with van der Waals surface area (Å²) in [7, 11) is 0. The molecule has 1 amide bonds. The molecular formula is C26H24FN5O3. The SMILES string of the molecule is CCOc1ccc(-c2nnc([C@H]3C[C@H](NC(=O)c4cccc(O)c4)C3)n2-c2ccccc2F)nc1. The number of nitrogens with one attached hydrogen (secondary N) is 1. The van der Waals surface area contributed by atoms with Crippen LogP contribution in [-0.4, -0.2) is 43.4 Å². The average Bonchev–Trinajstić information content (AvgIpc) is 3.26. The van der Waals surface area contributed by atoms with Gasteiger partial charge in [0.2, 0.25) is 0 Å². The van der Waals surface area contributed by atoms with Gasteiger partial charge >= 0.3 is 0 Å². The zero-order valence-corrected chi connectivity index (χ0v) is 19.1. The van der Waals surface area contributed by atoms with Crippen LogP contribution >= 0.6 is 0 Å². The highest BCUT2D eigenvalue weighted by Crippen LogP contribution is 2.39. The van der Waals surface area contributed by atoms with Gasteiger partial charge in [-0.25, -0.2) is 9.37 Å². The van der Waals surface area contributed by atoms with Crippen molar-refractivity contribution in [2.45, 2.75) is 31.7 Å². The van der Waals surface area contributed by atoms with Gasteiger partial charge in [0.05, 0.1) is 18.5 Å². The number of benzene rings is 2. The van der Waals surface area contributed by atoms with E-state index in [1.165, 1.54) is 18.2 Å². The van der Waals surface area contributed by atoms with E-state index < -0.39 is 5.82 Å². The molecule has 4 aromatic rings. The number of carbonyl (C=O) groups excluding carboxylic acids is 1. The number of aromatic nitrogens is 4. The van der Waals surface area contributed by atoms with Gasteiger partial charge in [-0.3, -0.25) is 9.36 Å². The lowest BCUT2D eigenvalue weighted by Crippen LogP contribution is -2.44. The maximum atomic E-state index is 14.9. The maximum absolute atomic E-state index is 14.9. The Hall–Kier alpha value is -4.27. The molecule has 1 saturated carbocycles. The Balaban J connectivity index is 1.40. The Morgan fingerprint density at radius 2 is 1.97 bits per heavy atom. The fourth-order valence-electron chi connectivity index (χ4n) is 4.22. The minimum Gasteiger partial charge on any atom is -0.508 e. The zero-order valence-electron chi connectivity index (χ0n) is 19.1. The van der Waals surface area contributed by atoms with Crippen LogP contribution in [0.1, 0.15) is 41.9 Å². The van der Waals surface area contributed by atoms with Crippen LogP contribution in [0.15, 0.2) is 66.9 Å². The summed E-state index contributed by atoms with van der Waals surface area (Å²) in [5, 5.41) is 21.4. The van der Waals surface area contributed by atoms with E-state index in [1.54, 1.807) is 53.2 Å². The molecule has 5 rings (SSSR count). The lowest BCUT2D eigenvalue weighted by Gasteiger charge is -2.35. The summed E-state index contributed by atoms with van der Waals surface area (Å²) < 4.78 is 22.0. The van der Waals surface area contributed by atoms with Gasteiger partial charge in [0.15, 0.2) is 5.82 Å². The number of phenols is 1. The van der Waals surface area contributed by atoms with Crippen LogP contribution in [0.2, 0.25) is 0 Å². The minimum absolute atomic E-state index is 0.0203. The molecule has 0 aliphatic heterocycles. The second-order valence-electron chi connectivity index (χ2n) is 8.37. The molecule has 0 atom stereocenters. The number of pyridine rings is 1. The van der Waals surface area contributed by atoms with Gasteiger partial charge in [0.1, 0.15) is 28.8 Å². The normalized spacial score (nSPS) is 17.0. The highest BCUT2D eigenvalue weighted by Gasteiger charge is 2.36. The number of phenolic OH excluding ortho intramolecular Hbond substituents is 1. The summed E-state index contributed by atoms with van der Waals surface area (Å²) in [6, 6.07) is 16.2. The van der Waals surface area contributed by atoms with Crippen molar-refractivity contribution in [1.29, 1.82) is 0 Å². The van der Waals surface area contributed by atoms with Crippen molar-refractivity contribution < 1.29 is 19.0 Å². The molecule has 0 spiro atoms. The molecule has 0 bridgehead atoms. The third kappa shape index (κ3) is 4.57. The molecule has 9 heteroatoms. The van der Waals surface area contributed by atoms with Crippen LogP contribution in [0.3, 0.4) is 0 Å². The molecule has 2 N–H and O–H groups in total. The summed E-state index contributed by atoms with van der Waals surface area (Å²) in [6.07, 6.45) is 2.87. The molecule has 2 aromatic carbocycles. The van der Waals surface area contributed by atoms with E-state index in [1.807, 2.05) is 6.92 Å². The van der Waals surface area contributed by atoms with Crippen LogP contribution in [-0.2, 0) is 0 Å². The summed E-state index contributed by atoms with van der Waals surface area (Å²) in [5.74, 6) is 1.06. The second kappa shape index (κ2) is 9.54. The van der Waals surface area contributed by atoms with Gasteiger partial charge in [-0.2, -0.15) is 0 Å². The number of hydrogen-bond donors (Lipinski definition) is 2. The predicted molar refractivity (Wildman–Crippen MR) is 127 cm³/mol. The number of carbonyl (C=O) groups is 1. The van der Waals surface area contributed by atoms with Gasteiger partial charge in [0.25, 0.3) is 5.91 Å². The summed E-state index contributed by atoms with van der Waals surface area (Å²) in [6.45, 7) is 2.43. The Kier molecular flexibility index (Phi) is 6.13. The lowest BCUT2D eigenvalue weighted by atomic mass is 9.79. The van der Waals surface area contributed by atoms with Crippen LogP contribution in [0.4, 0.5) is 4.39 Å². The van der Waals surface area contributed by atoms with E-state index >= 15 is 0 Å². The Morgan fingerprint density at radius 1 is 1.14 bits per heavy atom. The number of hydrogen-bond acceptors (Lipinski definition) is 6. The first kappa shape index (κ1) is 22.5. The lowest BCUT2D eigenvalue weighted by molar-refractivity contribution is 0.0906. The topological polar surface area (TPSA) is 102 Å². The van der Waals surface area contributed by atoms with E-state index in [0.717, 1.165) is 0 Å². The van der Waals surface area contributed by atoms with Crippen molar-refractivity contribution in [2.75, 3.05) is 6.61 Å². The third-order valence-electron chi connectivity index (χ3n) is 6.00. The monoisotopic (exact) mass is 473 g/mol. The molecule has 0 unspecified atom stereocenters. The first-order valence-electron chi connectivity index (χ1n) is 11.4. The fraction of sp³-hybridized carbons (Fsp3) is 0.231. The van der Waals surface area contributed by atoms with Crippen LogP contribution in [0.5, 0.6) is 11.5 Å². The first-order valence-corrected chi connectivity index (χ1v) is 11.4. The average molecular weight is 474 g/mol. The van der Waals surface area contributed by atoms with Gasteiger partial charge in [-0.05, 0) is 62.2 Å². The van der Waals surface area contributed by atoms with Crippen molar-refractivity contribution in [2.24, 2.45) is 0 Å². The smallest absolute Gasteiger partial charge is 0.251 e. The predicted octanol–water partition coefficient (Wildman–Crippen LogP) is 4.25. The molecular weight excluding hydrogens is 449 g/mol. The fourth-order valence-corrected chi connectivity index (χ4v) is 4.22. The highest BCUT2D eigenvalue weighted by molar-refractivity contribution is 5.94. The molecule has 8 nitrogen and oxygen atoms in total. The third-order valence-corrected chi connectivity index (χ3v) is 6.00. The summed E-state index contributed by atoms with van der Waals surface area (Å²) in [4.78, 5) is 17.0. The quantitative estimate of drug-likeness (QED) is 0.416. The molecule has 1 aliphatic rings. The molecule has 0 radical (unpaired) electrons. The molecule has 0 saturated heterocycles. The number of amides is 1. The largest absolute Gasteiger partial charge is 0.508 e. The molecule has 178 valence electrons. The van der Waals surface area contributed by atoms with Gasteiger partial charge < -0.3 is 15.2 Å². The molecule has 2 heterocycles. The Bertz CT molecular complexity index is 1350. The Labute approximate surface area is 201 Å². The van der Waals surface area contributed by atoms with Gasteiger partial charge in [-0.1, -0.05) is 18.2 Å². The van der Waals surface area contributed by atoms with Crippen LogP contribution in [0, 0.1) is 5.82 Å². The maximum Gasteiger partial charge on any atom is 0.251 e. The minimum atomic E-state index is -0.395. The van der Waals surface area contributed by atoms with E-state index in [9.17, 15) is 14.3 Å². The van der Waals surface area contributed by atoms with Crippen molar-refractivity contribution in [1.82, 2.24) is 25.1 Å². The Morgan fingerprint density at radius 3 is 2.69 bits per heavy atom. The standard InChI is InChI=1S/C26H24FN5O3/c1-2-35-20-10-11-22(28-15-20)25-31-30-24(32(25)23-9-4-3-8-21(23)27)17-12-18(13-17)29-26(34)16-6-5-7-19(33)14-16/h3-11,14-15,17-18,33H,2,12-13H2,1H3,(H,29,34)/t17-,18-. The van der Waals surface area contributed by atoms with Crippen molar-refractivity contribution in [3.63, 3.8) is 0 Å². The van der Waals surface area contributed by atoms with Gasteiger partial charge in [-0.15, -0.1) is 10.2 Å². The number of rotatable bonds is 7. The van der Waals surface area contributed by atoms with Crippen molar-refractivity contribution in [3.8, 4) is 28.7 Å². The van der Waals surface area contributed by atoms with Crippen molar-refractivity contribution in [3.05, 3.63) is 84.1 Å². The van der Waals surface area contributed by atoms with Gasteiger partial charge in [0, 0.05) is 17.5 Å². The number of ether oxygens (including phenoxy) is 1. The highest BCUT2D eigenvalue weighted by atomic mass is 19.1. The number of para-hydroxylation sites is 1. The van der Waals surface area contributed by atoms with Crippen molar-refractivity contribution >= 4 is 5.91 Å². The number of nitrogens with zero attached hydrogens (tertiary/aromatic N) is 4. The van der Waals surface area contributed by atoms with Crippen LogP contribution in [0.25, 0.3) is 17.2 Å². The number of halogens is 1. The molecule has 2 aromatic heterocycles. The van der Waals surface area contributed by atoms with E-state index in [0.29, 0.717) is 53.8 Å². The zero-order chi connectivity index (χ0) is 24.4. The van der Waals surface area contributed by atoms with E-state index in [4.69, 9.17) is 4.74 Å². The molecule has 35 heavy (non-hydrogen) atoms. The van der Waals surface area contributed by atoms with Crippen LogP contribution < -0.4 is 10.1 Å². The summed E-state index contributed by atoms with van der Waals surface area (Å²) >= 11 is 0. The first-order chi connectivity index (χ1) is 17.0. The molecule has 1 aliphatic carbocycles.